The monoisotopic (exact) mass is 909 g/mol. The third-order valence-corrected chi connectivity index (χ3v) is 16.7. The lowest BCUT2D eigenvalue weighted by Gasteiger charge is -2.35. The summed E-state index contributed by atoms with van der Waals surface area (Å²) in [6.45, 7) is 4.76. The molecule has 0 saturated carbocycles. The fraction of sp³-hybridized carbons (Fsp3) is 0.0588. The van der Waals surface area contributed by atoms with E-state index in [2.05, 4.69) is 267 Å². The molecule has 0 unspecified atom stereocenters. The lowest BCUT2D eigenvalue weighted by Crippen LogP contribution is -2.28. The van der Waals surface area contributed by atoms with Gasteiger partial charge in [0.05, 0.1) is 5.41 Å². The standard InChI is InChI=1S/C68H47NS/c1-67(2)58-31-17-14-26-51(58)53-40-38-49(42-60(53)67)69(50-39-41-54-52-27-15-18-32-59(52)68(61(54)43-50,46-22-8-4-9-23-46)47-24-10-5-11-25-47)48-36-34-45(35-37-48)64-63(44-20-6-3-7-21-44)55-28-12-13-29-56(55)66-65(64)57-30-16-19-33-62(57)70-66/h3-43H,1-2H3. The molecule has 0 bridgehead atoms. The van der Waals surface area contributed by atoms with Crippen molar-refractivity contribution < 1.29 is 0 Å². The van der Waals surface area contributed by atoms with Crippen LogP contribution in [0.2, 0.25) is 0 Å². The second-order valence-electron chi connectivity index (χ2n) is 19.5. The molecular formula is C68H47NS. The van der Waals surface area contributed by atoms with Crippen LogP contribution in [-0.4, -0.2) is 0 Å². The molecule has 1 heterocycles. The van der Waals surface area contributed by atoms with Crippen molar-refractivity contribution in [1.82, 2.24) is 0 Å². The second-order valence-corrected chi connectivity index (χ2v) is 20.6. The first-order valence-electron chi connectivity index (χ1n) is 24.4. The molecule has 1 nitrogen and oxygen atoms in total. The summed E-state index contributed by atoms with van der Waals surface area (Å²) in [5, 5.41) is 5.19. The summed E-state index contributed by atoms with van der Waals surface area (Å²) in [5.74, 6) is 0. The van der Waals surface area contributed by atoms with Crippen LogP contribution in [0.4, 0.5) is 17.1 Å². The van der Waals surface area contributed by atoms with Gasteiger partial charge in [0, 0.05) is 48.0 Å². The third-order valence-electron chi connectivity index (χ3n) is 15.5. The van der Waals surface area contributed by atoms with E-state index in [1.54, 1.807) is 0 Å². The molecule has 14 rings (SSSR count). The number of anilines is 3. The van der Waals surface area contributed by atoms with Crippen LogP contribution in [0.25, 0.3) is 75.5 Å². The van der Waals surface area contributed by atoms with Gasteiger partial charge in [0.15, 0.2) is 0 Å². The van der Waals surface area contributed by atoms with Gasteiger partial charge in [-0.3, -0.25) is 0 Å². The molecule has 2 heteroatoms. The maximum absolute atomic E-state index is 2.50. The number of hydrogen-bond acceptors (Lipinski definition) is 2. The Labute approximate surface area is 413 Å². The van der Waals surface area contributed by atoms with Crippen molar-refractivity contribution in [3.63, 3.8) is 0 Å². The van der Waals surface area contributed by atoms with E-state index in [1.807, 2.05) is 11.3 Å². The van der Waals surface area contributed by atoms with E-state index in [0.29, 0.717) is 0 Å². The van der Waals surface area contributed by atoms with Crippen LogP contribution in [0.3, 0.4) is 0 Å². The molecule has 0 saturated heterocycles. The van der Waals surface area contributed by atoms with Crippen molar-refractivity contribution >= 4 is 59.3 Å². The molecule has 2 aliphatic rings. The summed E-state index contributed by atoms with van der Waals surface area (Å²) >= 11 is 1.90. The fourth-order valence-electron chi connectivity index (χ4n) is 12.5. The number of fused-ring (bicyclic) bond motifs is 11. The minimum absolute atomic E-state index is 0.161. The van der Waals surface area contributed by atoms with E-state index in [1.165, 1.54) is 109 Å². The van der Waals surface area contributed by atoms with Crippen molar-refractivity contribution in [2.75, 3.05) is 4.90 Å². The molecule has 12 aromatic rings. The highest BCUT2D eigenvalue weighted by atomic mass is 32.1. The molecule has 0 N–H and O–H groups in total. The quantitative estimate of drug-likeness (QED) is 0.154. The van der Waals surface area contributed by atoms with Crippen molar-refractivity contribution in [2.45, 2.75) is 24.7 Å². The van der Waals surface area contributed by atoms with Crippen LogP contribution in [0.5, 0.6) is 0 Å². The van der Waals surface area contributed by atoms with Crippen molar-refractivity contribution in [1.29, 1.82) is 0 Å². The second kappa shape index (κ2) is 15.6. The Kier molecular flexibility index (Phi) is 9.09. The molecule has 0 fully saturated rings. The predicted molar refractivity (Wildman–Crippen MR) is 297 cm³/mol. The van der Waals surface area contributed by atoms with Crippen LogP contribution in [0.15, 0.2) is 249 Å². The highest BCUT2D eigenvalue weighted by Crippen LogP contribution is 2.58. The smallest absolute Gasteiger partial charge is 0.0714 e. The first kappa shape index (κ1) is 40.7. The Balaban J connectivity index is 1.02. The predicted octanol–water partition coefficient (Wildman–Crippen LogP) is 18.7. The molecule has 330 valence electrons. The van der Waals surface area contributed by atoms with Crippen LogP contribution in [-0.2, 0) is 10.8 Å². The largest absolute Gasteiger partial charge is 0.310 e. The Morgan fingerprint density at radius 3 is 1.49 bits per heavy atom. The summed E-state index contributed by atoms with van der Waals surface area (Å²) in [7, 11) is 0. The first-order chi connectivity index (χ1) is 34.5. The third kappa shape index (κ3) is 5.84. The first-order valence-corrected chi connectivity index (χ1v) is 25.2. The topological polar surface area (TPSA) is 3.24 Å². The summed E-state index contributed by atoms with van der Waals surface area (Å²) in [5.41, 5.74) is 20.7. The van der Waals surface area contributed by atoms with Gasteiger partial charge in [-0.25, -0.2) is 0 Å². The lowest BCUT2D eigenvalue weighted by atomic mass is 9.67. The highest BCUT2D eigenvalue weighted by molar-refractivity contribution is 7.26. The maximum atomic E-state index is 2.50. The Hall–Kier alpha value is -8.30. The zero-order valence-electron chi connectivity index (χ0n) is 39.0. The van der Waals surface area contributed by atoms with E-state index < -0.39 is 5.41 Å². The zero-order valence-corrected chi connectivity index (χ0v) is 39.8. The molecule has 0 atom stereocenters. The molecule has 0 aliphatic heterocycles. The minimum Gasteiger partial charge on any atom is -0.310 e. The Bertz CT molecular complexity index is 3970. The minimum atomic E-state index is -0.528. The van der Waals surface area contributed by atoms with Gasteiger partial charge in [-0.05, 0) is 126 Å². The number of nitrogens with zero attached hydrogens (tertiary/aromatic N) is 1. The van der Waals surface area contributed by atoms with Gasteiger partial charge in [-0.1, -0.05) is 220 Å². The summed E-state index contributed by atoms with van der Waals surface area (Å²) in [6, 6.07) is 93.0. The van der Waals surface area contributed by atoms with E-state index in [9.17, 15) is 0 Å². The molecule has 0 spiro atoms. The number of rotatable bonds is 7. The lowest BCUT2D eigenvalue weighted by molar-refractivity contribution is 0.660. The molecule has 2 aliphatic carbocycles. The Morgan fingerprint density at radius 1 is 0.343 bits per heavy atom. The van der Waals surface area contributed by atoms with Gasteiger partial charge in [0.2, 0.25) is 0 Å². The zero-order chi connectivity index (χ0) is 46.6. The van der Waals surface area contributed by atoms with Crippen LogP contribution >= 0.6 is 11.3 Å². The fourth-order valence-corrected chi connectivity index (χ4v) is 13.7. The summed E-state index contributed by atoms with van der Waals surface area (Å²) in [4.78, 5) is 2.50. The van der Waals surface area contributed by atoms with E-state index >= 15 is 0 Å². The van der Waals surface area contributed by atoms with Gasteiger partial charge in [0.1, 0.15) is 0 Å². The van der Waals surface area contributed by atoms with Gasteiger partial charge in [0.25, 0.3) is 0 Å². The Morgan fingerprint density at radius 2 is 0.814 bits per heavy atom. The van der Waals surface area contributed by atoms with Gasteiger partial charge < -0.3 is 4.90 Å². The number of benzene rings is 11. The molecule has 11 aromatic carbocycles. The van der Waals surface area contributed by atoms with E-state index in [4.69, 9.17) is 0 Å². The van der Waals surface area contributed by atoms with Crippen molar-refractivity contribution in [2.24, 2.45) is 0 Å². The number of hydrogen-bond donors (Lipinski definition) is 0. The molecule has 0 amide bonds. The van der Waals surface area contributed by atoms with Gasteiger partial charge >= 0.3 is 0 Å². The van der Waals surface area contributed by atoms with E-state index in [0.717, 1.165) is 17.1 Å². The van der Waals surface area contributed by atoms with Crippen molar-refractivity contribution in [3.05, 3.63) is 282 Å². The SMILES string of the molecule is CC1(C)c2ccccc2-c2ccc(N(c3ccc(-c4c(-c5ccccc5)c5ccccc5c5sc6ccccc6c45)cc3)c3ccc4c(c3)C(c3ccccc3)(c3ccccc3)c3ccccc3-4)cc21. The van der Waals surface area contributed by atoms with E-state index in [-0.39, 0.29) is 5.41 Å². The summed E-state index contributed by atoms with van der Waals surface area (Å²) < 4.78 is 2.64. The van der Waals surface area contributed by atoms with Crippen LogP contribution in [0.1, 0.15) is 47.2 Å². The van der Waals surface area contributed by atoms with Crippen LogP contribution in [0, 0.1) is 0 Å². The van der Waals surface area contributed by atoms with Crippen molar-refractivity contribution in [3.8, 4) is 44.5 Å². The average Bonchev–Trinajstić information content (AvgIpc) is 4.03. The maximum Gasteiger partial charge on any atom is 0.0714 e. The molecule has 1 aromatic heterocycles. The van der Waals surface area contributed by atoms with Crippen LogP contribution < -0.4 is 4.90 Å². The molecule has 0 radical (unpaired) electrons. The van der Waals surface area contributed by atoms with Gasteiger partial charge in [-0.2, -0.15) is 0 Å². The number of thiophene rings is 1. The average molecular weight is 910 g/mol. The highest BCUT2D eigenvalue weighted by Gasteiger charge is 2.46. The molecular weight excluding hydrogens is 863 g/mol. The summed E-state index contributed by atoms with van der Waals surface area (Å²) in [6.07, 6.45) is 0. The normalized spacial score (nSPS) is 13.8. The molecule has 70 heavy (non-hydrogen) atoms. The van der Waals surface area contributed by atoms with Gasteiger partial charge in [-0.15, -0.1) is 11.3 Å².